The molecule has 1 aliphatic heterocycles. The lowest BCUT2D eigenvalue weighted by molar-refractivity contribution is -0.135. The highest BCUT2D eigenvalue weighted by molar-refractivity contribution is 7.10. The third-order valence-corrected chi connectivity index (χ3v) is 6.99. The molecule has 1 aliphatic rings. The van der Waals surface area contributed by atoms with Crippen molar-refractivity contribution in [3.8, 4) is 11.5 Å². The van der Waals surface area contributed by atoms with Crippen LogP contribution in [0.25, 0.3) is 0 Å². The normalized spacial score (nSPS) is 16.2. The number of thiophene rings is 1. The second-order valence-electron chi connectivity index (χ2n) is 8.07. The molecular formula is C26H29Cl2N3O3S. The molecule has 186 valence electrons. The van der Waals surface area contributed by atoms with E-state index in [1.165, 1.54) is 16.2 Å². The third kappa shape index (κ3) is 6.55. The molecule has 35 heavy (non-hydrogen) atoms. The van der Waals surface area contributed by atoms with Crippen LogP contribution in [0.15, 0.2) is 72.1 Å². The Balaban J connectivity index is 0.00000342. The van der Waals surface area contributed by atoms with Crippen LogP contribution in [-0.4, -0.2) is 48.3 Å². The van der Waals surface area contributed by atoms with E-state index in [1.807, 2.05) is 52.7 Å². The highest BCUT2D eigenvalue weighted by Crippen LogP contribution is 2.34. The number of halogens is 2. The molecule has 3 aromatic rings. The number of carbonyl (C=O) groups excluding carboxylic acids is 2. The maximum atomic E-state index is 13.8. The number of rotatable bonds is 8. The standard InChI is InChI=1S/C26H28ClN3O3S.ClH/c1-2-19-18-29(15-14-28-19)26(32)25(23-9-6-16-34-23)30(24(31)17-27)20-10-12-22(13-11-20)33-21-7-4-3-5-8-21;/h3-13,16,19,25,28H,2,14-15,17-18H2,1H3;1H/t19-,25?;/m0./s1. The summed E-state index contributed by atoms with van der Waals surface area (Å²) >= 11 is 7.49. The predicted molar refractivity (Wildman–Crippen MR) is 144 cm³/mol. The molecule has 2 amide bonds. The van der Waals surface area contributed by atoms with Crippen molar-refractivity contribution < 1.29 is 14.3 Å². The summed E-state index contributed by atoms with van der Waals surface area (Å²) in [7, 11) is 0. The summed E-state index contributed by atoms with van der Waals surface area (Å²) in [6.45, 7) is 4.05. The number of anilines is 1. The van der Waals surface area contributed by atoms with Crippen LogP contribution >= 0.6 is 35.3 Å². The molecule has 0 saturated carbocycles. The summed E-state index contributed by atoms with van der Waals surface area (Å²) in [5, 5.41) is 5.36. The van der Waals surface area contributed by atoms with Crippen LogP contribution in [0, 0.1) is 0 Å². The van der Waals surface area contributed by atoms with E-state index in [9.17, 15) is 9.59 Å². The van der Waals surface area contributed by atoms with Gasteiger partial charge >= 0.3 is 0 Å². The van der Waals surface area contributed by atoms with Crippen LogP contribution in [0.1, 0.15) is 24.3 Å². The van der Waals surface area contributed by atoms with E-state index < -0.39 is 6.04 Å². The first kappa shape index (κ1) is 27.0. The Morgan fingerprint density at radius 2 is 1.83 bits per heavy atom. The number of amides is 2. The van der Waals surface area contributed by atoms with Crippen LogP contribution in [0.2, 0.25) is 0 Å². The van der Waals surface area contributed by atoms with Gasteiger partial charge in [0.05, 0.1) is 0 Å². The SMILES string of the molecule is CC[C@H]1CN(C(=O)C(c2cccs2)N(C(=O)CCl)c2ccc(Oc3ccccc3)cc2)CCN1.Cl. The van der Waals surface area contributed by atoms with Crippen LogP contribution in [0.5, 0.6) is 11.5 Å². The fraction of sp³-hybridized carbons (Fsp3) is 0.308. The van der Waals surface area contributed by atoms with Gasteiger partial charge in [-0.15, -0.1) is 35.3 Å². The van der Waals surface area contributed by atoms with Gasteiger partial charge in [0.1, 0.15) is 23.4 Å². The van der Waals surface area contributed by atoms with Gasteiger partial charge < -0.3 is 15.0 Å². The molecule has 1 N–H and O–H groups in total. The molecule has 6 nitrogen and oxygen atoms in total. The zero-order chi connectivity index (χ0) is 23.9. The van der Waals surface area contributed by atoms with Crippen molar-refractivity contribution in [2.24, 2.45) is 0 Å². The number of piperazine rings is 1. The lowest BCUT2D eigenvalue weighted by Crippen LogP contribution is -2.55. The first-order valence-corrected chi connectivity index (χ1v) is 12.8. The molecule has 1 saturated heterocycles. The van der Waals surface area contributed by atoms with Crippen molar-refractivity contribution in [1.29, 1.82) is 0 Å². The van der Waals surface area contributed by atoms with E-state index in [4.69, 9.17) is 16.3 Å². The maximum Gasteiger partial charge on any atom is 0.251 e. The molecule has 1 unspecified atom stereocenters. The largest absolute Gasteiger partial charge is 0.457 e. The molecule has 2 atom stereocenters. The summed E-state index contributed by atoms with van der Waals surface area (Å²) in [6.07, 6.45) is 0.931. The zero-order valence-corrected chi connectivity index (χ0v) is 21.8. The van der Waals surface area contributed by atoms with Crippen LogP contribution in [0.4, 0.5) is 5.69 Å². The second kappa shape index (κ2) is 12.9. The molecule has 2 aromatic carbocycles. The molecule has 0 radical (unpaired) electrons. The minimum atomic E-state index is -0.775. The van der Waals surface area contributed by atoms with Gasteiger partial charge in [0, 0.05) is 36.2 Å². The van der Waals surface area contributed by atoms with Crippen LogP contribution < -0.4 is 15.0 Å². The number of benzene rings is 2. The molecule has 0 aliphatic carbocycles. The smallest absolute Gasteiger partial charge is 0.251 e. The van der Waals surface area contributed by atoms with Crippen molar-refractivity contribution in [2.75, 3.05) is 30.4 Å². The summed E-state index contributed by atoms with van der Waals surface area (Å²) in [4.78, 5) is 31.1. The monoisotopic (exact) mass is 533 g/mol. The Kier molecular flexibility index (Phi) is 9.98. The van der Waals surface area contributed by atoms with Crippen molar-refractivity contribution in [1.82, 2.24) is 10.2 Å². The summed E-state index contributed by atoms with van der Waals surface area (Å²) in [5.41, 5.74) is 0.597. The van der Waals surface area contributed by atoms with Gasteiger partial charge in [-0.05, 0) is 54.3 Å². The van der Waals surface area contributed by atoms with Crippen molar-refractivity contribution >= 4 is 52.8 Å². The summed E-state index contributed by atoms with van der Waals surface area (Å²) in [6, 6.07) is 19.9. The molecule has 2 heterocycles. The lowest BCUT2D eigenvalue weighted by Gasteiger charge is -2.38. The third-order valence-electron chi connectivity index (χ3n) is 5.84. The van der Waals surface area contributed by atoms with E-state index in [2.05, 4.69) is 12.2 Å². The van der Waals surface area contributed by atoms with Gasteiger partial charge in [-0.2, -0.15) is 0 Å². The molecule has 9 heteroatoms. The quantitative estimate of drug-likeness (QED) is 0.389. The Morgan fingerprint density at radius 3 is 2.46 bits per heavy atom. The highest BCUT2D eigenvalue weighted by Gasteiger charge is 2.37. The fourth-order valence-corrected chi connectivity index (χ4v) is 5.01. The summed E-state index contributed by atoms with van der Waals surface area (Å²) in [5.74, 6) is 0.717. The van der Waals surface area contributed by atoms with E-state index in [0.29, 0.717) is 24.5 Å². The topological polar surface area (TPSA) is 61.9 Å². The van der Waals surface area contributed by atoms with Gasteiger partial charge in [-0.1, -0.05) is 31.2 Å². The molecule has 1 fully saturated rings. The van der Waals surface area contributed by atoms with Crippen molar-refractivity contribution in [3.63, 3.8) is 0 Å². The Bertz CT molecular complexity index is 1080. The minimum absolute atomic E-state index is 0. The lowest BCUT2D eigenvalue weighted by atomic mass is 10.1. The molecule has 4 rings (SSSR count). The van der Waals surface area contributed by atoms with E-state index >= 15 is 0 Å². The molecular weight excluding hydrogens is 505 g/mol. The number of para-hydroxylation sites is 1. The average Bonchev–Trinajstić information content (AvgIpc) is 3.42. The number of nitrogens with zero attached hydrogens (tertiary/aromatic N) is 2. The number of hydrogen-bond donors (Lipinski definition) is 1. The van der Waals surface area contributed by atoms with Gasteiger partial charge in [0.15, 0.2) is 0 Å². The maximum absolute atomic E-state index is 13.8. The fourth-order valence-electron chi connectivity index (χ4n) is 4.08. The van der Waals surface area contributed by atoms with Crippen molar-refractivity contribution in [2.45, 2.75) is 25.4 Å². The van der Waals surface area contributed by atoms with Crippen LogP contribution in [-0.2, 0) is 9.59 Å². The second-order valence-corrected chi connectivity index (χ2v) is 9.31. The number of nitrogens with one attached hydrogen (secondary N) is 1. The predicted octanol–water partition coefficient (Wildman–Crippen LogP) is 5.49. The Morgan fingerprint density at radius 1 is 1.11 bits per heavy atom. The molecule has 0 bridgehead atoms. The first-order valence-electron chi connectivity index (χ1n) is 11.4. The Labute approximate surface area is 221 Å². The van der Waals surface area contributed by atoms with Gasteiger partial charge in [0.2, 0.25) is 5.91 Å². The van der Waals surface area contributed by atoms with Crippen LogP contribution in [0.3, 0.4) is 0 Å². The average molecular weight is 535 g/mol. The minimum Gasteiger partial charge on any atom is -0.457 e. The molecule has 1 aromatic heterocycles. The van der Waals surface area contributed by atoms with Gasteiger partial charge in [-0.3, -0.25) is 14.5 Å². The number of alkyl halides is 1. The van der Waals surface area contributed by atoms with E-state index in [-0.39, 0.29) is 36.1 Å². The molecule has 0 spiro atoms. The summed E-state index contributed by atoms with van der Waals surface area (Å²) < 4.78 is 5.89. The van der Waals surface area contributed by atoms with Crippen molar-refractivity contribution in [3.05, 3.63) is 77.0 Å². The highest BCUT2D eigenvalue weighted by atomic mass is 35.5. The Hall–Kier alpha value is -2.58. The number of ether oxygens (including phenoxy) is 1. The number of hydrogen-bond acceptors (Lipinski definition) is 5. The van der Waals surface area contributed by atoms with E-state index in [0.717, 1.165) is 23.6 Å². The first-order chi connectivity index (χ1) is 16.6. The van der Waals surface area contributed by atoms with E-state index in [1.54, 1.807) is 24.3 Å². The van der Waals surface area contributed by atoms with Gasteiger partial charge in [-0.25, -0.2) is 0 Å². The zero-order valence-electron chi connectivity index (χ0n) is 19.4. The van der Waals surface area contributed by atoms with Gasteiger partial charge in [0.25, 0.3) is 5.91 Å². The number of carbonyl (C=O) groups is 2.